The van der Waals surface area contributed by atoms with Crippen molar-refractivity contribution in [3.05, 3.63) is 34.9 Å². The summed E-state index contributed by atoms with van der Waals surface area (Å²) in [6.07, 6.45) is 0.390. The van der Waals surface area contributed by atoms with Crippen LogP contribution in [0.3, 0.4) is 0 Å². The van der Waals surface area contributed by atoms with Crippen molar-refractivity contribution < 1.29 is 9.59 Å². The highest BCUT2D eigenvalue weighted by molar-refractivity contribution is 6.53. The fraction of sp³-hybridized carbons (Fsp3) is 0.429. The van der Waals surface area contributed by atoms with Crippen LogP contribution >= 0.6 is 34.8 Å². The van der Waals surface area contributed by atoms with Gasteiger partial charge in [0.15, 0.2) is 0 Å². The molecule has 0 radical (unpaired) electrons. The Hall–Kier alpha value is -0.970. The minimum absolute atomic E-state index is 0.105. The molecule has 0 aromatic heterocycles. The zero-order valence-electron chi connectivity index (χ0n) is 11.4. The Balaban J connectivity index is 1.73. The van der Waals surface area contributed by atoms with E-state index in [0.29, 0.717) is 18.0 Å². The SMILES string of the molecule is CC1(C(=O)NCC(=O)NCc2ccc(Cl)cc2)CC1(Cl)Cl. The molecule has 0 aliphatic heterocycles. The summed E-state index contributed by atoms with van der Waals surface area (Å²) in [6.45, 7) is 1.94. The predicted octanol–water partition coefficient (Wildman–Crippen LogP) is 2.66. The predicted molar refractivity (Wildman–Crippen MR) is 83.5 cm³/mol. The molecule has 0 spiro atoms. The lowest BCUT2D eigenvalue weighted by Gasteiger charge is -2.12. The average molecular weight is 350 g/mol. The molecule has 1 fully saturated rings. The number of alkyl halides is 2. The number of hydrogen-bond acceptors (Lipinski definition) is 2. The molecule has 1 aromatic carbocycles. The Morgan fingerprint density at radius 1 is 1.19 bits per heavy atom. The summed E-state index contributed by atoms with van der Waals surface area (Å²) in [6, 6.07) is 7.14. The number of carbonyl (C=O) groups is 2. The molecule has 0 heterocycles. The summed E-state index contributed by atoms with van der Waals surface area (Å²) in [5, 5.41) is 5.89. The number of amides is 2. The summed E-state index contributed by atoms with van der Waals surface area (Å²) in [5.74, 6) is -0.591. The molecule has 1 unspecified atom stereocenters. The van der Waals surface area contributed by atoms with Crippen LogP contribution in [0.15, 0.2) is 24.3 Å². The zero-order valence-corrected chi connectivity index (χ0v) is 13.6. The molecule has 2 rings (SSSR count). The van der Waals surface area contributed by atoms with Crippen LogP contribution in [0.5, 0.6) is 0 Å². The van der Waals surface area contributed by atoms with Gasteiger partial charge in [0.05, 0.1) is 12.0 Å². The van der Waals surface area contributed by atoms with Gasteiger partial charge in [-0.05, 0) is 31.0 Å². The van der Waals surface area contributed by atoms with Crippen LogP contribution in [0, 0.1) is 5.41 Å². The van der Waals surface area contributed by atoms with E-state index in [-0.39, 0.29) is 18.4 Å². The molecule has 1 atom stereocenters. The van der Waals surface area contributed by atoms with Crippen LogP contribution in [-0.2, 0) is 16.1 Å². The highest BCUT2D eigenvalue weighted by atomic mass is 35.5. The Morgan fingerprint density at radius 2 is 1.76 bits per heavy atom. The summed E-state index contributed by atoms with van der Waals surface area (Å²) in [5.41, 5.74) is 0.112. The fourth-order valence-electron chi connectivity index (χ4n) is 1.87. The second-order valence-electron chi connectivity index (χ2n) is 5.30. The molecule has 4 nitrogen and oxygen atoms in total. The summed E-state index contributed by atoms with van der Waals surface area (Å²) in [4.78, 5) is 23.6. The van der Waals surface area contributed by atoms with Gasteiger partial charge in [-0.25, -0.2) is 0 Å². The minimum atomic E-state index is -1.03. The van der Waals surface area contributed by atoms with Crippen LogP contribution in [0.4, 0.5) is 0 Å². The van der Waals surface area contributed by atoms with E-state index in [1.165, 1.54) is 0 Å². The van der Waals surface area contributed by atoms with Crippen molar-refractivity contribution in [3.63, 3.8) is 0 Å². The first-order valence-corrected chi connectivity index (χ1v) is 7.55. The second kappa shape index (κ2) is 6.03. The first kappa shape index (κ1) is 16.4. The van der Waals surface area contributed by atoms with E-state index in [1.54, 1.807) is 19.1 Å². The Morgan fingerprint density at radius 3 is 2.29 bits per heavy atom. The van der Waals surface area contributed by atoms with E-state index in [2.05, 4.69) is 10.6 Å². The smallest absolute Gasteiger partial charge is 0.239 e. The lowest BCUT2D eigenvalue weighted by atomic mass is 10.1. The van der Waals surface area contributed by atoms with Gasteiger partial charge in [0.1, 0.15) is 4.33 Å². The van der Waals surface area contributed by atoms with Crippen molar-refractivity contribution >= 4 is 46.6 Å². The molecule has 1 saturated carbocycles. The number of hydrogen-bond donors (Lipinski definition) is 2. The maximum absolute atomic E-state index is 11.9. The van der Waals surface area contributed by atoms with E-state index >= 15 is 0 Å². The van der Waals surface area contributed by atoms with Crippen molar-refractivity contribution in [3.8, 4) is 0 Å². The number of nitrogens with one attached hydrogen (secondary N) is 2. The largest absolute Gasteiger partial charge is 0.350 e. The molecule has 0 bridgehead atoms. The molecule has 1 aliphatic carbocycles. The highest BCUT2D eigenvalue weighted by Gasteiger charge is 2.67. The molecular weight excluding hydrogens is 335 g/mol. The summed E-state index contributed by atoms with van der Waals surface area (Å²) >= 11 is 17.6. The van der Waals surface area contributed by atoms with Crippen molar-refractivity contribution in [1.29, 1.82) is 0 Å². The maximum Gasteiger partial charge on any atom is 0.239 e. The van der Waals surface area contributed by atoms with Crippen LogP contribution in [0.1, 0.15) is 18.9 Å². The zero-order chi connectivity index (χ0) is 15.7. The number of carbonyl (C=O) groups excluding carboxylic acids is 2. The molecule has 7 heteroatoms. The lowest BCUT2D eigenvalue weighted by molar-refractivity contribution is -0.129. The van der Waals surface area contributed by atoms with Crippen molar-refractivity contribution in [1.82, 2.24) is 10.6 Å². The van der Waals surface area contributed by atoms with E-state index in [4.69, 9.17) is 34.8 Å². The van der Waals surface area contributed by atoms with Crippen LogP contribution in [-0.4, -0.2) is 22.7 Å². The van der Waals surface area contributed by atoms with Crippen molar-refractivity contribution in [2.45, 2.75) is 24.2 Å². The normalized spacial score (nSPS) is 22.5. The van der Waals surface area contributed by atoms with Gasteiger partial charge in [0, 0.05) is 11.6 Å². The third-order valence-electron chi connectivity index (χ3n) is 3.57. The number of rotatable bonds is 5. The monoisotopic (exact) mass is 348 g/mol. The molecule has 0 saturated heterocycles. The van der Waals surface area contributed by atoms with Gasteiger partial charge in [-0.3, -0.25) is 9.59 Å². The summed E-state index contributed by atoms with van der Waals surface area (Å²) in [7, 11) is 0. The van der Waals surface area contributed by atoms with Gasteiger partial charge in [0.2, 0.25) is 11.8 Å². The highest BCUT2D eigenvalue weighted by Crippen LogP contribution is 2.63. The van der Waals surface area contributed by atoms with E-state index in [9.17, 15) is 9.59 Å². The summed E-state index contributed by atoms with van der Waals surface area (Å²) < 4.78 is -1.03. The van der Waals surface area contributed by atoms with Gasteiger partial charge >= 0.3 is 0 Å². The molecule has 2 amide bonds. The fourth-order valence-corrected chi connectivity index (χ4v) is 2.70. The minimum Gasteiger partial charge on any atom is -0.350 e. The lowest BCUT2D eigenvalue weighted by Crippen LogP contribution is -2.40. The number of benzene rings is 1. The van der Waals surface area contributed by atoms with Crippen LogP contribution < -0.4 is 10.6 Å². The van der Waals surface area contributed by atoms with Gasteiger partial charge in [-0.2, -0.15) is 0 Å². The van der Waals surface area contributed by atoms with Gasteiger partial charge in [-0.15, -0.1) is 23.2 Å². The van der Waals surface area contributed by atoms with Crippen LogP contribution in [0.2, 0.25) is 5.02 Å². The molecule has 114 valence electrons. The van der Waals surface area contributed by atoms with Crippen LogP contribution in [0.25, 0.3) is 0 Å². The standard InChI is InChI=1S/C14H15Cl3N2O2/c1-13(8-14(13,16)17)12(21)19-7-11(20)18-6-9-2-4-10(15)5-3-9/h2-5H,6-8H2,1H3,(H,18,20)(H,19,21). The Kier molecular flexibility index (Phi) is 4.71. The second-order valence-corrected chi connectivity index (χ2v) is 7.22. The van der Waals surface area contributed by atoms with E-state index in [1.807, 2.05) is 12.1 Å². The first-order valence-electron chi connectivity index (χ1n) is 6.42. The topological polar surface area (TPSA) is 58.2 Å². The van der Waals surface area contributed by atoms with Crippen molar-refractivity contribution in [2.24, 2.45) is 5.41 Å². The molecular formula is C14H15Cl3N2O2. The quantitative estimate of drug-likeness (QED) is 0.803. The van der Waals surface area contributed by atoms with E-state index < -0.39 is 9.75 Å². The third kappa shape index (κ3) is 3.82. The van der Waals surface area contributed by atoms with Crippen molar-refractivity contribution in [2.75, 3.05) is 6.54 Å². The van der Waals surface area contributed by atoms with Gasteiger partial charge < -0.3 is 10.6 Å². The molecule has 2 N–H and O–H groups in total. The van der Waals surface area contributed by atoms with Gasteiger partial charge in [-0.1, -0.05) is 23.7 Å². The van der Waals surface area contributed by atoms with E-state index in [0.717, 1.165) is 5.56 Å². The Bertz CT molecular complexity index is 560. The molecule has 1 aliphatic rings. The van der Waals surface area contributed by atoms with Gasteiger partial charge in [0.25, 0.3) is 0 Å². The number of halogens is 3. The average Bonchev–Trinajstić information content (AvgIpc) is 2.95. The maximum atomic E-state index is 11.9. The molecule has 21 heavy (non-hydrogen) atoms. The third-order valence-corrected chi connectivity index (χ3v) is 4.92. The Labute approximate surface area is 138 Å². The first-order chi connectivity index (χ1) is 9.74. The molecule has 1 aromatic rings.